The number of nitrogens with one attached hydrogen (secondary N) is 3. The summed E-state index contributed by atoms with van der Waals surface area (Å²) in [5, 5.41) is 9.31. The van der Waals surface area contributed by atoms with Gasteiger partial charge in [0.1, 0.15) is 25.0 Å². The van der Waals surface area contributed by atoms with E-state index in [4.69, 9.17) is 18.6 Å². The Morgan fingerprint density at radius 2 is 1.70 bits per heavy atom. The summed E-state index contributed by atoms with van der Waals surface area (Å²) in [4.78, 5) is 40.5. The Labute approximate surface area is 312 Å². The van der Waals surface area contributed by atoms with Crippen LogP contribution in [0.15, 0.2) is 101 Å². The minimum absolute atomic E-state index is 0.0101. The second-order valence-corrected chi connectivity index (χ2v) is 17.0. The van der Waals surface area contributed by atoms with Gasteiger partial charge in [0.15, 0.2) is 0 Å². The number of aryl methyl sites for hydroxylation is 1. The van der Waals surface area contributed by atoms with Gasteiger partial charge in [-0.1, -0.05) is 106 Å². The summed E-state index contributed by atoms with van der Waals surface area (Å²) in [6.07, 6.45) is 1.65. The van der Waals surface area contributed by atoms with Gasteiger partial charge in [0.05, 0.1) is 6.61 Å². The van der Waals surface area contributed by atoms with Gasteiger partial charge in [0.2, 0.25) is 0 Å². The summed E-state index contributed by atoms with van der Waals surface area (Å²) < 4.78 is 25.9. The molecule has 2 aliphatic heterocycles. The highest BCUT2D eigenvalue weighted by Crippen LogP contribution is 2.31. The number of rotatable bonds is 14. The van der Waals surface area contributed by atoms with Crippen LogP contribution in [-0.2, 0) is 30.5 Å². The lowest BCUT2D eigenvalue weighted by Crippen LogP contribution is -2.47. The average molecular weight is 740 g/mol. The van der Waals surface area contributed by atoms with E-state index in [0.717, 1.165) is 36.2 Å². The molecule has 0 saturated carbocycles. The third kappa shape index (κ3) is 10.2. The zero-order chi connectivity index (χ0) is 37.4. The number of benzene rings is 3. The normalized spacial score (nSPS) is 20.8. The molecule has 1 radical (unpaired) electrons. The Morgan fingerprint density at radius 1 is 1.00 bits per heavy atom. The first-order chi connectivity index (χ1) is 25.5. The van der Waals surface area contributed by atoms with Gasteiger partial charge in [0.25, 0.3) is 14.6 Å². The lowest BCUT2D eigenvalue weighted by molar-refractivity contribution is -0.0532. The number of carbonyl (C=O) groups excluding carboxylic acids is 1. The van der Waals surface area contributed by atoms with E-state index >= 15 is 0 Å². The predicted octanol–water partition coefficient (Wildman–Crippen LogP) is 3.73. The zero-order valence-corrected chi connectivity index (χ0v) is 32.0. The zero-order valence-electron chi connectivity index (χ0n) is 31.0. The maximum Gasteiger partial charge on any atom is 0.508 e. The molecule has 0 spiro atoms. The fourth-order valence-corrected chi connectivity index (χ4v) is 8.93. The number of aromatic amines is 1. The SMILES string of the molecule is Cc1cn([C@H]2C[C@H](OC(=O)OCCNC(Cc3ccccc3)[C@@H]3CCCN3)[C@@H](CO[Si](c3ccccc3)c3ccc(C(C)(C)C)cc3)O2)c(=O)[nH]c1=O. The van der Waals surface area contributed by atoms with Crippen molar-refractivity contribution < 1.29 is 23.4 Å². The lowest BCUT2D eigenvalue weighted by atomic mass is 9.87. The molecule has 6 rings (SSSR count). The van der Waals surface area contributed by atoms with Crippen molar-refractivity contribution in [1.82, 2.24) is 20.2 Å². The van der Waals surface area contributed by atoms with Crippen LogP contribution in [0.5, 0.6) is 0 Å². The molecule has 53 heavy (non-hydrogen) atoms. The van der Waals surface area contributed by atoms with Crippen LogP contribution in [0, 0.1) is 6.92 Å². The highest BCUT2D eigenvalue weighted by atomic mass is 28.3. The number of carbonyl (C=O) groups is 1. The molecular weight excluding hydrogens is 689 g/mol. The van der Waals surface area contributed by atoms with Gasteiger partial charge in [-0.2, -0.15) is 0 Å². The van der Waals surface area contributed by atoms with Crippen LogP contribution in [0.2, 0.25) is 0 Å². The standard InChI is InChI=1S/C41H51N4O7Si/c1-28-26-45(39(47)44-38(28)46)37-25-35(52-40(48)49-23-22-43-34(33-16-11-21-42-33)24-29-12-7-5-8-13-29)36(51-37)27-50-53(31-14-9-6-10-15-31)32-19-17-30(18-20-32)41(2,3)4/h5-10,12-15,17-20,26,33-37,42-43H,11,16,21-25,27H2,1-4H3,(H,44,46,47)/t33-,34?,35-,36+,37+/m0/s1. The molecule has 3 aromatic carbocycles. The third-order valence-corrected chi connectivity index (χ3v) is 12.1. The summed E-state index contributed by atoms with van der Waals surface area (Å²) >= 11 is 0. The summed E-state index contributed by atoms with van der Waals surface area (Å²) in [6, 6.07) is 29.5. The molecule has 3 heterocycles. The van der Waals surface area contributed by atoms with Gasteiger partial charge in [-0.05, 0) is 59.6 Å². The first kappa shape index (κ1) is 38.4. The van der Waals surface area contributed by atoms with Gasteiger partial charge in [-0.15, -0.1) is 0 Å². The topological polar surface area (TPSA) is 133 Å². The van der Waals surface area contributed by atoms with Gasteiger partial charge in [0, 0.05) is 36.8 Å². The van der Waals surface area contributed by atoms with Crippen LogP contribution in [0.3, 0.4) is 0 Å². The van der Waals surface area contributed by atoms with Gasteiger partial charge >= 0.3 is 11.8 Å². The fourth-order valence-electron chi connectivity index (χ4n) is 6.97. The maximum atomic E-state index is 13.1. The number of hydrogen-bond acceptors (Lipinski definition) is 9. The average Bonchev–Trinajstić information content (AvgIpc) is 3.83. The molecule has 11 nitrogen and oxygen atoms in total. The molecule has 0 amide bonds. The smallest absolute Gasteiger partial charge is 0.433 e. The third-order valence-electron chi connectivity index (χ3n) is 9.94. The van der Waals surface area contributed by atoms with E-state index in [0.29, 0.717) is 18.2 Å². The highest BCUT2D eigenvalue weighted by molar-refractivity contribution is 6.80. The monoisotopic (exact) mass is 739 g/mol. The molecule has 5 atom stereocenters. The van der Waals surface area contributed by atoms with Gasteiger partial charge in [-0.25, -0.2) is 9.59 Å². The largest absolute Gasteiger partial charge is 0.508 e. The Balaban J connectivity index is 1.13. The van der Waals surface area contributed by atoms with Crippen molar-refractivity contribution in [1.29, 1.82) is 0 Å². The molecule has 12 heteroatoms. The van der Waals surface area contributed by atoms with E-state index < -0.39 is 44.9 Å². The van der Waals surface area contributed by atoms with Crippen molar-refractivity contribution in [2.24, 2.45) is 0 Å². The number of ether oxygens (including phenoxy) is 3. The molecule has 1 unspecified atom stereocenters. The molecule has 0 aliphatic carbocycles. The summed E-state index contributed by atoms with van der Waals surface area (Å²) in [6.45, 7) is 9.86. The second-order valence-electron chi connectivity index (χ2n) is 14.9. The molecule has 281 valence electrons. The van der Waals surface area contributed by atoms with E-state index in [2.05, 4.69) is 84.9 Å². The molecular formula is C41H51N4O7Si. The Hall–Kier alpha value is -4.33. The van der Waals surface area contributed by atoms with E-state index in [1.54, 1.807) is 6.92 Å². The van der Waals surface area contributed by atoms with E-state index in [1.165, 1.54) is 21.9 Å². The van der Waals surface area contributed by atoms with Crippen molar-refractivity contribution in [3.8, 4) is 0 Å². The van der Waals surface area contributed by atoms with Crippen molar-refractivity contribution in [3.63, 3.8) is 0 Å². The summed E-state index contributed by atoms with van der Waals surface area (Å²) in [5.41, 5.74) is 1.78. The Kier molecular flexibility index (Phi) is 12.8. The van der Waals surface area contributed by atoms with Crippen molar-refractivity contribution in [2.45, 2.75) is 89.3 Å². The van der Waals surface area contributed by atoms with Crippen LogP contribution in [-0.4, -0.2) is 75.3 Å². The Morgan fingerprint density at radius 3 is 2.38 bits per heavy atom. The first-order valence-corrected chi connectivity index (χ1v) is 19.9. The number of nitrogens with zero attached hydrogens (tertiary/aromatic N) is 1. The van der Waals surface area contributed by atoms with E-state index in [-0.39, 0.29) is 31.1 Å². The van der Waals surface area contributed by atoms with Crippen molar-refractivity contribution >= 4 is 25.6 Å². The summed E-state index contributed by atoms with van der Waals surface area (Å²) in [7, 11) is -1.74. The van der Waals surface area contributed by atoms with Crippen molar-refractivity contribution in [3.05, 3.63) is 129 Å². The highest BCUT2D eigenvalue weighted by Gasteiger charge is 2.41. The first-order valence-electron chi connectivity index (χ1n) is 18.5. The minimum Gasteiger partial charge on any atom is -0.433 e. The molecule has 2 aliphatic rings. The quantitative estimate of drug-likeness (QED) is 0.101. The van der Waals surface area contributed by atoms with Crippen molar-refractivity contribution in [2.75, 3.05) is 26.3 Å². The van der Waals surface area contributed by atoms with Crippen LogP contribution >= 0.6 is 0 Å². The summed E-state index contributed by atoms with van der Waals surface area (Å²) in [5.74, 6) is 0. The molecule has 0 bridgehead atoms. The molecule has 3 N–H and O–H groups in total. The van der Waals surface area contributed by atoms with Crippen LogP contribution in [0.1, 0.15) is 63.0 Å². The van der Waals surface area contributed by atoms with Gasteiger partial charge in [-0.3, -0.25) is 14.3 Å². The molecule has 2 saturated heterocycles. The number of aromatic nitrogens is 2. The van der Waals surface area contributed by atoms with Gasteiger partial charge < -0.3 is 29.3 Å². The Bertz CT molecular complexity index is 1890. The van der Waals surface area contributed by atoms with Crippen LogP contribution in [0.25, 0.3) is 0 Å². The maximum absolute atomic E-state index is 13.1. The molecule has 2 fully saturated rings. The molecule has 1 aromatic heterocycles. The van der Waals surface area contributed by atoms with Crippen LogP contribution in [0.4, 0.5) is 4.79 Å². The minimum atomic E-state index is -1.74. The number of H-pyrrole nitrogens is 1. The second kappa shape index (κ2) is 17.7. The molecule has 4 aromatic rings. The fraction of sp³-hybridized carbons (Fsp3) is 0.439. The van der Waals surface area contributed by atoms with Crippen LogP contribution < -0.4 is 32.3 Å². The predicted molar refractivity (Wildman–Crippen MR) is 206 cm³/mol. The van der Waals surface area contributed by atoms with E-state index in [1.807, 2.05) is 36.4 Å². The van der Waals surface area contributed by atoms with E-state index in [9.17, 15) is 14.4 Å². The number of hydrogen-bond donors (Lipinski definition) is 3. The lowest BCUT2D eigenvalue weighted by Gasteiger charge is -2.25.